The molecular weight excluding hydrogens is 270 g/mol. The lowest BCUT2D eigenvalue weighted by Gasteiger charge is -2.27. The smallest absolute Gasteiger partial charge is 0.107 e. The fraction of sp³-hybridized carbons (Fsp3) is 1.00. The zero-order chi connectivity index (χ0) is 16.7. The van der Waals surface area contributed by atoms with Gasteiger partial charge in [0.15, 0.2) is 0 Å². The molecule has 0 aromatic rings. The van der Waals surface area contributed by atoms with E-state index in [0.717, 1.165) is 6.42 Å². The predicted octanol–water partition coefficient (Wildman–Crippen LogP) is 6.16. The number of aliphatic hydroxyl groups is 1. The molecule has 0 aliphatic heterocycles. The van der Waals surface area contributed by atoms with E-state index in [9.17, 15) is 5.11 Å². The Bertz CT molecular complexity index is 226. The van der Waals surface area contributed by atoms with Gasteiger partial charge in [-0.15, -0.1) is 0 Å². The molecule has 0 aliphatic rings. The molecule has 0 aliphatic carbocycles. The zero-order valence-electron chi connectivity index (χ0n) is 15.7. The van der Waals surface area contributed by atoms with Gasteiger partial charge in [0, 0.05) is 5.41 Å². The molecule has 22 heavy (non-hydrogen) atoms. The van der Waals surface area contributed by atoms with Crippen LogP contribution in [0, 0.1) is 5.41 Å². The van der Waals surface area contributed by atoms with Crippen LogP contribution in [0.15, 0.2) is 0 Å². The Morgan fingerprint density at radius 1 is 0.682 bits per heavy atom. The Hall–Kier alpha value is -0.0800. The van der Waals surface area contributed by atoms with Crippen molar-refractivity contribution in [2.24, 2.45) is 11.1 Å². The van der Waals surface area contributed by atoms with E-state index < -0.39 is 6.23 Å². The molecule has 0 saturated heterocycles. The Morgan fingerprint density at radius 2 is 1.00 bits per heavy atom. The van der Waals surface area contributed by atoms with Gasteiger partial charge in [0.1, 0.15) is 6.23 Å². The van der Waals surface area contributed by atoms with Crippen molar-refractivity contribution in [3.05, 3.63) is 0 Å². The quantitative estimate of drug-likeness (QED) is 0.265. The van der Waals surface area contributed by atoms with Crippen LogP contribution in [0.3, 0.4) is 0 Å². The molecule has 0 radical (unpaired) electrons. The molecule has 0 aromatic heterocycles. The van der Waals surface area contributed by atoms with E-state index in [1.54, 1.807) is 0 Å². The molecule has 1 atom stereocenters. The van der Waals surface area contributed by atoms with Crippen LogP contribution in [0.1, 0.15) is 117 Å². The molecule has 2 heteroatoms. The summed E-state index contributed by atoms with van der Waals surface area (Å²) in [7, 11) is 0. The minimum Gasteiger partial charge on any atom is -0.378 e. The molecule has 1 unspecified atom stereocenters. The highest BCUT2D eigenvalue weighted by Gasteiger charge is 2.23. The topological polar surface area (TPSA) is 46.2 Å². The van der Waals surface area contributed by atoms with Crippen LogP contribution < -0.4 is 5.73 Å². The number of aliphatic hydroxyl groups excluding tert-OH is 1. The monoisotopic (exact) mass is 313 g/mol. The fourth-order valence-corrected chi connectivity index (χ4v) is 2.92. The number of hydrogen-bond donors (Lipinski definition) is 2. The first-order chi connectivity index (χ1) is 10.5. The van der Waals surface area contributed by atoms with Crippen LogP contribution in [0.4, 0.5) is 0 Å². The van der Waals surface area contributed by atoms with Gasteiger partial charge in [0.2, 0.25) is 0 Å². The third-order valence-electron chi connectivity index (χ3n) is 4.98. The van der Waals surface area contributed by atoms with Crippen LogP contribution >= 0.6 is 0 Å². The Labute approximate surface area is 140 Å². The highest BCUT2D eigenvalue weighted by molar-refractivity contribution is 4.73. The van der Waals surface area contributed by atoms with E-state index in [1.165, 1.54) is 89.9 Å². The molecule has 3 N–H and O–H groups in total. The predicted molar refractivity (Wildman–Crippen MR) is 98.9 cm³/mol. The molecule has 0 saturated carbocycles. The zero-order valence-corrected chi connectivity index (χ0v) is 15.7. The minimum atomic E-state index is -0.686. The Balaban J connectivity index is 3.15. The average Bonchev–Trinajstić information content (AvgIpc) is 2.47. The van der Waals surface area contributed by atoms with Crippen molar-refractivity contribution in [2.75, 3.05) is 0 Å². The summed E-state index contributed by atoms with van der Waals surface area (Å²) in [5.74, 6) is 0. The van der Waals surface area contributed by atoms with Gasteiger partial charge >= 0.3 is 0 Å². The maximum absolute atomic E-state index is 9.46. The molecule has 2 nitrogen and oxygen atoms in total. The Morgan fingerprint density at radius 3 is 1.32 bits per heavy atom. The van der Waals surface area contributed by atoms with E-state index >= 15 is 0 Å². The van der Waals surface area contributed by atoms with Crippen LogP contribution in [0.25, 0.3) is 0 Å². The summed E-state index contributed by atoms with van der Waals surface area (Å²) >= 11 is 0. The molecule has 0 aromatic carbocycles. The summed E-state index contributed by atoms with van der Waals surface area (Å²) in [6.07, 6.45) is 19.8. The van der Waals surface area contributed by atoms with E-state index in [0.29, 0.717) is 0 Å². The van der Waals surface area contributed by atoms with Gasteiger partial charge in [-0.1, -0.05) is 111 Å². The largest absolute Gasteiger partial charge is 0.378 e. The molecule has 0 rings (SSSR count). The molecule has 134 valence electrons. The van der Waals surface area contributed by atoms with E-state index in [-0.39, 0.29) is 5.41 Å². The summed E-state index contributed by atoms with van der Waals surface area (Å²) in [5, 5.41) is 9.46. The number of unbranched alkanes of at least 4 members (excludes halogenated alkanes) is 13. The van der Waals surface area contributed by atoms with Crippen molar-refractivity contribution in [2.45, 2.75) is 123 Å². The molecule has 0 spiro atoms. The van der Waals surface area contributed by atoms with Gasteiger partial charge < -0.3 is 10.8 Å². The SMILES string of the molecule is CCCCCCCCCCCCCCCCC(C)(C)C(N)O. The lowest BCUT2D eigenvalue weighted by Crippen LogP contribution is -2.36. The maximum atomic E-state index is 9.46. The van der Waals surface area contributed by atoms with Crippen molar-refractivity contribution < 1.29 is 5.11 Å². The van der Waals surface area contributed by atoms with E-state index in [1.807, 2.05) is 0 Å². The third kappa shape index (κ3) is 13.6. The standard InChI is InChI=1S/C20H43NO/c1-4-5-6-7-8-9-10-11-12-13-14-15-16-17-18-20(2,3)19(21)22/h19,22H,4-18,21H2,1-3H3. The molecule has 0 heterocycles. The lowest BCUT2D eigenvalue weighted by atomic mass is 9.85. The summed E-state index contributed by atoms with van der Waals surface area (Å²) in [6, 6.07) is 0. The van der Waals surface area contributed by atoms with Crippen molar-refractivity contribution in [1.82, 2.24) is 0 Å². The second kappa shape index (κ2) is 14.5. The van der Waals surface area contributed by atoms with E-state index in [4.69, 9.17) is 5.73 Å². The van der Waals surface area contributed by atoms with Crippen molar-refractivity contribution in [1.29, 1.82) is 0 Å². The number of nitrogens with two attached hydrogens (primary N) is 1. The van der Waals surface area contributed by atoms with Gasteiger partial charge in [-0.3, -0.25) is 0 Å². The van der Waals surface area contributed by atoms with Gasteiger partial charge in [-0.05, 0) is 6.42 Å². The normalized spacial score (nSPS) is 13.5. The van der Waals surface area contributed by atoms with Crippen LogP contribution in [0.2, 0.25) is 0 Å². The number of rotatable bonds is 16. The van der Waals surface area contributed by atoms with Gasteiger partial charge in [-0.2, -0.15) is 0 Å². The summed E-state index contributed by atoms with van der Waals surface area (Å²) in [4.78, 5) is 0. The second-order valence-corrected chi connectivity index (χ2v) is 7.78. The second-order valence-electron chi connectivity index (χ2n) is 7.78. The van der Waals surface area contributed by atoms with Gasteiger partial charge in [0.05, 0.1) is 0 Å². The summed E-state index contributed by atoms with van der Waals surface area (Å²) in [5.41, 5.74) is 5.45. The van der Waals surface area contributed by atoms with E-state index in [2.05, 4.69) is 20.8 Å². The first kappa shape index (κ1) is 21.9. The van der Waals surface area contributed by atoms with Crippen LogP contribution in [-0.4, -0.2) is 11.3 Å². The van der Waals surface area contributed by atoms with Crippen LogP contribution in [0.5, 0.6) is 0 Å². The summed E-state index contributed by atoms with van der Waals surface area (Å²) in [6.45, 7) is 6.39. The van der Waals surface area contributed by atoms with Crippen molar-refractivity contribution >= 4 is 0 Å². The van der Waals surface area contributed by atoms with Gasteiger partial charge in [-0.25, -0.2) is 0 Å². The van der Waals surface area contributed by atoms with Crippen LogP contribution in [-0.2, 0) is 0 Å². The van der Waals surface area contributed by atoms with Gasteiger partial charge in [0.25, 0.3) is 0 Å². The lowest BCUT2D eigenvalue weighted by molar-refractivity contribution is 0.0476. The molecule has 0 fully saturated rings. The average molecular weight is 314 g/mol. The fourth-order valence-electron chi connectivity index (χ4n) is 2.92. The first-order valence-electron chi connectivity index (χ1n) is 9.94. The minimum absolute atomic E-state index is 0.128. The summed E-state index contributed by atoms with van der Waals surface area (Å²) < 4.78 is 0. The maximum Gasteiger partial charge on any atom is 0.107 e. The van der Waals surface area contributed by atoms with Crippen molar-refractivity contribution in [3.63, 3.8) is 0 Å². The Kier molecular flexibility index (Phi) is 14.5. The molecular formula is C20H43NO. The molecule has 0 bridgehead atoms. The third-order valence-corrected chi connectivity index (χ3v) is 4.98. The first-order valence-corrected chi connectivity index (χ1v) is 9.94. The highest BCUT2D eigenvalue weighted by Crippen LogP contribution is 2.26. The highest BCUT2D eigenvalue weighted by atomic mass is 16.3. The van der Waals surface area contributed by atoms with Crippen molar-refractivity contribution in [3.8, 4) is 0 Å². The number of hydrogen-bond acceptors (Lipinski definition) is 2. The molecule has 0 amide bonds.